The minimum absolute atomic E-state index is 0.0295. The minimum Gasteiger partial charge on any atom is -0.352 e. The number of anilines is 1. The molecule has 7 nitrogen and oxygen atoms in total. The molecule has 0 aliphatic carbocycles. The lowest BCUT2D eigenvalue weighted by atomic mass is 10.1. The quantitative estimate of drug-likeness (QED) is 0.366. The Morgan fingerprint density at radius 2 is 1.68 bits per heavy atom. The molecule has 0 saturated heterocycles. The molecule has 0 bridgehead atoms. The normalized spacial score (nSPS) is 13.1. The van der Waals surface area contributed by atoms with Gasteiger partial charge < -0.3 is 10.2 Å². The second kappa shape index (κ2) is 13.5. The Morgan fingerprint density at radius 3 is 2.24 bits per heavy atom. The fourth-order valence-corrected chi connectivity index (χ4v) is 5.05. The summed E-state index contributed by atoms with van der Waals surface area (Å²) in [6.07, 6.45) is 2.27. The van der Waals surface area contributed by atoms with Crippen LogP contribution in [-0.2, 0) is 26.2 Å². The van der Waals surface area contributed by atoms with E-state index in [0.29, 0.717) is 15.7 Å². The van der Waals surface area contributed by atoms with Crippen LogP contribution in [0.3, 0.4) is 0 Å². The molecule has 1 N–H and O–H groups in total. The zero-order valence-electron chi connectivity index (χ0n) is 22.3. The van der Waals surface area contributed by atoms with Crippen LogP contribution < -0.4 is 9.62 Å². The van der Waals surface area contributed by atoms with Gasteiger partial charge in [0.05, 0.1) is 22.0 Å². The Morgan fingerprint density at radius 1 is 1.00 bits per heavy atom. The second-order valence-corrected chi connectivity index (χ2v) is 12.2. The van der Waals surface area contributed by atoms with Crippen molar-refractivity contribution in [2.75, 3.05) is 17.1 Å². The Hall–Kier alpha value is -2.29. The molecule has 0 spiro atoms. The predicted molar refractivity (Wildman–Crippen MR) is 152 cm³/mol. The smallest absolute Gasteiger partial charge is 0.242 e. The highest BCUT2D eigenvalue weighted by molar-refractivity contribution is 7.92. The first-order valence-electron chi connectivity index (χ1n) is 12.3. The van der Waals surface area contributed by atoms with Crippen LogP contribution in [0.2, 0.25) is 10.0 Å². The summed E-state index contributed by atoms with van der Waals surface area (Å²) >= 11 is 12.2. The van der Waals surface area contributed by atoms with E-state index in [0.717, 1.165) is 29.4 Å². The number of carbonyl (C=O) groups is 2. The van der Waals surface area contributed by atoms with Gasteiger partial charge in [-0.1, -0.05) is 42.3 Å². The van der Waals surface area contributed by atoms with E-state index in [-0.39, 0.29) is 43.8 Å². The molecule has 0 aromatic heterocycles. The van der Waals surface area contributed by atoms with Crippen molar-refractivity contribution < 1.29 is 18.0 Å². The number of hydrogen-bond acceptors (Lipinski definition) is 4. The molecule has 0 heterocycles. The first-order chi connectivity index (χ1) is 17.2. The molecular weight excluding hydrogens is 533 g/mol. The van der Waals surface area contributed by atoms with Crippen LogP contribution in [0.5, 0.6) is 0 Å². The molecule has 0 radical (unpaired) electrons. The summed E-state index contributed by atoms with van der Waals surface area (Å²) in [5, 5.41) is 3.69. The van der Waals surface area contributed by atoms with E-state index < -0.39 is 16.1 Å². The molecule has 0 saturated carbocycles. The Balaban J connectivity index is 2.22. The standard InChI is InChI=1S/C27H37Cl2N3O4S/c1-7-20(4)30-27(34)21(5)31(17-22-11-13-24(28)25(29)16-22)26(33)9-8-14-32(37(6,35)36)23-12-10-18(2)19(3)15-23/h10-13,15-16,20-21H,7-9,14,17H2,1-6H3,(H,30,34)/t20-,21-/m0/s1. The summed E-state index contributed by atoms with van der Waals surface area (Å²) in [4.78, 5) is 27.8. The van der Waals surface area contributed by atoms with Gasteiger partial charge in [-0.3, -0.25) is 13.9 Å². The third kappa shape index (κ3) is 8.90. The molecule has 2 aromatic carbocycles. The summed E-state index contributed by atoms with van der Waals surface area (Å²) in [5.74, 6) is -0.512. The number of benzene rings is 2. The zero-order chi connectivity index (χ0) is 27.9. The fraction of sp³-hybridized carbons (Fsp3) is 0.481. The van der Waals surface area contributed by atoms with Crippen LogP contribution >= 0.6 is 23.2 Å². The van der Waals surface area contributed by atoms with Gasteiger partial charge in [-0.15, -0.1) is 0 Å². The van der Waals surface area contributed by atoms with Gasteiger partial charge in [0.15, 0.2) is 0 Å². The minimum atomic E-state index is -3.55. The van der Waals surface area contributed by atoms with Gasteiger partial charge in [0.2, 0.25) is 21.8 Å². The SMILES string of the molecule is CC[C@H](C)NC(=O)[C@H](C)N(Cc1ccc(Cl)c(Cl)c1)C(=O)CCCN(c1ccc(C)c(C)c1)S(C)(=O)=O. The summed E-state index contributed by atoms with van der Waals surface area (Å²) < 4.78 is 26.4. The van der Waals surface area contributed by atoms with E-state index in [1.807, 2.05) is 39.8 Å². The maximum absolute atomic E-state index is 13.4. The summed E-state index contributed by atoms with van der Waals surface area (Å²) in [7, 11) is -3.55. The number of rotatable bonds is 12. The zero-order valence-corrected chi connectivity index (χ0v) is 24.7. The molecule has 0 aliphatic heterocycles. The lowest BCUT2D eigenvalue weighted by Gasteiger charge is -2.30. The number of hydrogen-bond donors (Lipinski definition) is 1. The largest absolute Gasteiger partial charge is 0.352 e. The van der Waals surface area contributed by atoms with E-state index in [4.69, 9.17) is 23.2 Å². The number of nitrogens with one attached hydrogen (secondary N) is 1. The maximum atomic E-state index is 13.4. The maximum Gasteiger partial charge on any atom is 0.242 e. The highest BCUT2D eigenvalue weighted by Gasteiger charge is 2.27. The molecule has 2 atom stereocenters. The Bertz CT molecular complexity index is 1220. The van der Waals surface area contributed by atoms with Gasteiger partial charge in [0.1, 0.15) is 6.04 Å². The van der Waals surface area contributed by atoms with Gasteiger partial charge in [-0.2, -0.15) is 0 Å². The predicted octanol–water partition coefficient (Wildman–Crippen LogP) is 5.49. The molecule has 2 aromatic rings. The van der Waals surface area contributed by atoms with Crippen molar-refractivity contribution in [2.24, 2.45) is 0 Å². The van der Waals surface area contributed by atoms with Gasteiger partial charge in [0, 0.05) is 25.6 Å². The van der Waals surface area contributed by atoms with Crippen molar-refractivity contribution in [3.05, 3.63) is 63.1 Å². The molecule has 204 valence electrons. The molecule has 10 heteroatoms. The van der Waals surface area contributed by atoms with E-state index in [1.165, 1.54) is 9.21 Å². The van der Waals surface area contributed by atoms with Crippen molar-refractivity contribution in [3.63, 3.8) is 0 Å². The average molecular weight is 571 g/mol. The van der Waals surface area contributed by atoms with Gasteiger partial charge in [0.25, 0.3) is 0 Å². The molecular formula is C27H37Cl2N3O4S. The summed E-state index contributed by atoms with van der Waals surface area (Å²) in [6.45, 7) is 9.75. The third-order valence-corrected chi connectivity index (χ3v) is 8.37. The second-order valence-electron chi connectivity index (χ2n) is 9.47. The van der Waals surface area contributed by atoms with Crippen molar-refractivity contribution in [3.8, 4) is 0 Å². The number of aryl methyl sites for hydroxylation is 2. The third-order valence-electron chi connectivity index (χ3n) is 6.44. The number of halogens is 2. The molecule has 2 rings (SSSR count). The lowest BCUT2D eigenvalue weighted by molar-refractivity contribution is -0.140. The number of nitrogens with zero attached hydrogens (tertiary/aromatic N) is 2. The van der Waals surface area contributed by atoms with E-state index in [2.05, 4.69) is 5.32 Å². The summed E-state index contributed by atoms with van der Waals surface area (Å²) in [6, 6.07) is 9.80. The molecule has 0 unspecified atom stereocenters. The monoisotopic (exact) mass is 569 g/mol. The number of sulfonamides is 1. The average Bonchev–Trinajstić information content (AvgIpc) is 2.82. The van der Waals surface area contributed by atoms with E-state index >= 15 is 0 Å². The van der Waals surface area contributed by atoms with Crippen LogP contribution in [0.1, 0.15) is 56.7 Å². The van der Waals surface area contributed by atoms with E-state index in [1.54, 1.807) is 31.2 Å². The topological polar surface area (TPSA) is 86.8 Å². The van der Waals surface area contributed by atoms with Gasteiger partial charge >= 0.3 is 0 Å². The van der Waals surface area contributed by atoms with Crippen molar-refractivity contribution >= 4 is 50.7 Å². The van der Waals surface area contributed by atoms with Crippen molar-refractivity contribution in [1.29, 1.82) is 0 Å². The molecule has 37 heavy (non-hydrogen) atoms. The first-order valence-corrected chi connectivity index (χ1v) is 14.9. The highest BCUT2D eigenvalue weighted by atomic mass is 35.5. The van der Waals surface area contributed by atoms with Crippen molar-refractivity contribution in [2.45, 2.75) is 72.5 Å². The molecule has 2 amide bonds. The van der Waals surface area contributed by atoms with Crippen molar-refractivity contribution in [1.82, 2.24) is 10.2 Å². The van der Waals surface area contributed by atoms with Crippen LogP contribution in [0.15, 0.2) is 36.4 Å². The molecule has 0 fully saturated rings. The summed E-state index contributed by atoms with van der Waals surface area (Å²) in [5.41, 5.74) is 3.34. The molecule has 0 aliphatic rings. The van der Waals surface area contributed by atoms with Gasteiger partial charge in [-0.25, -0.2) is 8.42 Å². The van der Waals surface area contributed by atoms with Crippen LogP contribution in [-0.4, -0.2) is 50.0 Å². The number of amides is 2. The van der Waals surface area contributed by atoms with Crippen LogP contribution in [0.25, 0.3) is 0 Å². The highest BCUT2D eigenvalue weighted by Crippen LogP contribution is 2.25. The lowest BCUT2D eigenvalue weighted by Crippen LogP contribution is -2.49. The fourth-order valence-electron chi connectivity index (χ4n) is 3.77. The van der Waals surface area contributed by atoms with E-state index in [9.17, 15) is 18.0 Å². The number of carbonyl (C=O) groups excluding carboxylic acids is 2. The Kier molecular flexibility index (Phi) is 11.3. The van der Waals surface area contributed by atoms with Crippen LogP contribution in [0.4, 0.5) is 5.69 Å². The Labute approximate surface area is 231 Å². The van der Waals surface area contributed by atoms with Gasteiger partial charge in [-0.05, 0) is 81.5 Å². The first kappa shape index (κ1) is 30.9. The van der Waals surface area contributed by atoms with Crippen LogP contribution in [0, 0.1) is 13.8 Å².